The Bertz CT molecular complexity index is 564. The van der Waals surface area contributed by atoms with Crippen LogP contribution in [0.25, 0.3) is 0 Å². The van der Waals surface area contributed by atoms with E-state index in [-0.39, 0.29) is 12.3 Å². The molecular formula is C16H22N2O4. The van der Waals surface area contributed by atoms with Crippen molar-refractivity contribution in [3.05, 3.63) is 35.4 Å². The number of hydrogen-bond donors (Lipinski definition) is 3. The SMILES string of the molecule is CC(=O)NC(CC(=O)NC(C)(C)C(=O)O)c1ccc(C)cc1. The van der Waals surface area contributed by atoms with Gasteiger partial charge in [0.2, 0.25) is 11.8 Å². The van der Waals surface area contributed by atoms with E-state index in [1.165, 1.54) is 20.8 Å². The van der Waals surface area contributed by atoms with Crippen LogP contribution < -0.4 is 10.6 Å². The van der Waals surface area contributed by atoms with Gasteiger partial charge in [-0.15, -0.1) is 0 Å². The molecule has 0 radical (unpaired) electrons. The summed E-state index contributed by atoms with van der Waals surface area (Å²) in [5.74, 6) is -1.81. The number of carboxylic acid groups (broad SMARTS) is 1. The monoisotopic (exact) mass is 306 g/mol. The number of carbonyl (C=O) groups excluding carboxylic acids is 2. The van der Waals surface area contributed by atoms with Crippen molar-refractivity contribution in [1.29, 1.82) is 0 Å². The minimum absolute atomic E-state index is 0.0284. The highest BCUT2D eigenvalue weighted by atomic mass is 16.4. The van der Waals surface area contributed by atoms with Crippen LogP contribution in [0.4, 0.5) is 0 Å². The molecule has 0 aliphatic carbocycles. The van der Waals surface area contributed by atoms with E-state index in [0.717, 1.165) is 11.1 Å². The van der Waals surface area contributed by atoms with Gasteiger partial charge in [-0.1, -0.05) is 29.8 Å². The van der Waals surface area contributed by atoms with Gasteiger partial charge in [-0.05, 0) is 26.3 Å². The fourth-order valence-corrected chi connectivity index (χ4v) is 1.93. The summed E-state index contributed by atoms with van der Waals surface area (Å²) in [6, 6.07) is 6.96. The number of carboxylic acids is 1. The smallest absolute Gasteiger partial charge is 0.328 e. The Kier molecular flexibility index (Phi) is 5.68. The van der Waals surface area contributed by atoms with Crippen molar-refractivity contribution >= 4 is 17.8 Å². The Balaban J connectivity index is 2.85. The number of aliphatic carboxylic acids is 1. The lowest BCUT2D eigenvalue weighted by Crippen LogP contribution is -2.50. The zero-order chi connectivity index (χ0) is 16.9. The third-order valence-corrected chi connectivity index (χ3v) is 3.23. The zero-order valence-electron chi connectivity index (χ0n) is 13.3. The van der Waals surface area contributed by atoms with Gasteiger partial charge in [0.1, 0.15) is 5.54 Å². The zero-order valence-corrected chi connectivity index (χ0v) is 13.3. The minimum Gasteiger partial charge on any atom is -0.480 e. The molecule has 0 heterocycles. The number of benzene rings is 1. The number of aryl methyl sites for hydroxylation is 1. The molecule has 0 saturated heterocycles. The Labute approximate surface area is 129 Å². The summed E-state index contributed by atoms with van der Waals surface area (Å²) in [6.07, 6.45) is -0.0284. The van der Waals surface area contributed by atoms with Gasteiger partial charge in [-0.3, -0.25) is 9.59 Å². The van der Waals surface area contributed by atoms with E-state index in [0.29, 0.717) is 0 Å². The van der Waals surface area contributed by atoms with E-state index in [1.54, 1.807) is 0 Å². The van der Waals surface area contributed by atoms with E-state index >= 15 is 0 Å². The molecule has 1 atom stereocenters. The van der Waals surface area contributed by atoms with Gasteiger partial charge in [-0.2, -0.15) is 0 Å². The predicted molar refractivity (Wildman–Crippen MR) is 82.2 cm³/mol. The first kappa shape index (κ1) is 17.7. The molecular weight excluding hydrogens is 284 g/mol. The quantitative estimate of drug-likeness (QED) is 0.743. The van der Waals surface area contributed by atoms with E-state index in [4.69, 9.17) is 5.11 Å². The summed E-state index contributed by atoms with van der Waals surface area (Å²) in [5, 5.41) is 14.2. The van der Waals surface area contributed by atoms with Crippen molar-refractivity contribution in [2.24, 2.45) is 0 Å². The summed E-state index contributed by atoms with van der Waals surface area (Å²) >= 11 is 0. The first-order valence-electron chi connectivity index (χ1n) is 7.00. The minimum atomic E-state index is -1.36. The van der Waals surface area contributed by atoms with Gasteiger partial charge in [0, 0.05) is 6.92 Å². The van der Waals surface area contributed by atoms with Crippen LogP contribution in [0.1, 0.15) is 44.4 Å². The standard InChI is InChI=1S/C16H22N2O4/c1-10-5-7-12(8-6-10)13(17-11(2)19)9-14(20)18-16(3,4)15(21)22/h5-8,13H,9H2,1-4H3,(H,17,19)(H,18,20)(H,21,22). The number of amides is 2. The number of hydrogen-bond acceptors (Lipinski definition) is 3. The Morgan fingerprint density at radius 2 is 1.73 bits per heavy atom. The molecule has 1 aromatic rings. The average molecular weight is 306 g/mol. The van der Waals surface area contributed by atoms with Gasteiger partial charge < -0.3 is 15.7 Å². The van der Waals surface area contributed by atoms with Crippen molar-refractivity contribution in [3.8, 4) is 0 Å². The molecule has 0 aliphatic rings. The van der Waals surface area contributed by atoms with Crippen molar-refractivity contribution in [2.45, 2.75) is 45.7 Å². The normalized spacial score (nSPS) is 12.4. The summed E-state index contributed by atoms with van der Waals surface area (Å²) in [6.45, 7) is 6.14. The molecule has 6 heteroatoms. The predicted octanol–water partition coefficient (Wildman–Crippen LogP) is 1.54. The summed E-state index contributed by atoms with van der Waals surface area (Å²) < 4.78 is 0. The Hall–Kier alpha value is -2.37. The van der Waals surface area contributed by atoms with Crippen molar-refractivity contribution in [2.75, 3.05) is 0 Å². The van der Waals surface area contributed by atoms with Crippen LogP contribution >= 0.6 is 0 Å². The highest BCUT2D eigenvalue weighted by Gasteiger charge is 2.30. The molecule has 0 saturated carbocycles. The summed E-state index contributed by atoms with van der Waals surface area (Å²) in [5.41, 5.74) is 0.511. The second-order valence-corrected chi connectivity index (χ2v) is 5.85. The number of carbonyl (C=O) groups is 3. The lowest BCUT2D eigenvalue weighted by atomic mass is 10.0. The lowest BCUT2D eigenvalue weighted by molar-refractivity contribution is -0.146. The van der Waals surface area contributed by atoms with Gasteiger partial charge >= 0.3 is 5.97 Å². The van der Waals surface area contributed by atoms with Crippen molar-refractivity contribution in [1.82, 2.24) is 10.6 Å². The van der Waals surface area contributed by atoms with Crippen LogP contribution in [-0.4, -0.2) is 28.4 Å². The first-order chi connectivity index (χ1) is 10.1. The largest absolute Gasteiger partial charge is 0.480 e. The fourth-order valence-electron chi connectivity index (χ4n) is 1.93. The highest BCUT2D eigenvalue weighted by Crippen LogP contribution is 2.18. The van der Waals surface area contributed by atoms with Gasteiger partial charge in [-0.25, -0.2) is 4.79 Å². The van der Waals surface area contributed by atoms with Crippen LogP contribution in [0.3, 0.4) is 0 Å². The maximum absolute atomic E-state index is 12.1. The van der Waals surface area contributed by atoms with Crippen LogP contribution in [0.5, 0.6) is 0 Å². The maximum Gasteiger partial charge on any atom is 0.328 e. The molecule has 0 bridgehead atoms. The summed E-state index contributed by atoms with van der Waals surface area (Å²) in [4.78, 5) is 34.4. The molecule has 1 unspecified atom stereocenters. The van der Waals surface area contributed by atoms with Gasteiger partial charge in [0.05, 0.1) is 12.5 Å². The fraction of sp³-hybridized carbons (Fsp3) is 0.438. The molecule has 1 rings (SSSR count). The first-order valence-corrected chi connectivity index (χ1v) is 7.00. The molecule has 120 valence electrons. The third kappa shape index (κ3) is 5.20. The molecule has 2 amide bonds. The molecule has 22 heavy (non-hydrogen) atoms. The van der Waals surface area contributed by atoms with E-state index < -0.39 is 23.5 Å². The van der Waals surface area contributed by atoms with E-state index in [1.807, 2.05) is 31.2 Å². The average Bonchev–Trinajstić information content (AvgIpc) is 2.37. The molecule has 0 aliphatic heterocycles. The number of nitrogens with one attached hydrogen (secondary N) is 2. The van der Waals surface area contributed by atoms with E-state index in [2.05, 4.69) is 10.6 Å². The Morgan fingerprint density at radius 3 is 2.18 bits per heavy atom. The van der Waals surface area contributed by atoms with Crippen LogP contribution in [0.15, 0.2) is 24.3 Å². The second kappa shape index (κ2) is 7.06. The highest BCUT2D eigenvalue weighted by molar-refractivity contribution is 5.87. The molecule has 6 nitrogen and oxygen atoms in total. The van der Waals surface area contributed by atoms with Gasteiger partial charge in [0.25, 0.3) is 0 Å². The maximum atomic E-state index is 12.1. The van der Waals surface area contributed by atoms with Crippen LogP contribution in [0.2, 0.25) is 0 Å². The molecule has 1 aromatic carbocycles. The second-order valence-electron chi connectivity index (χ2n) is 5.85. The van der Waals surface area contributed by atoms with Gasteiger partial charge in [0.15, 0.2) is 0 Å². The summed E-state index contributed by atoms with van der Waals surface area (Å²) in [7, 11) is 0. The third-order valence-electron chi connectivity index (χ3n) is 3.23. The number of rotatable bonds is 6. The molecule has 0 spiro atoms. The van der Waals surface area contributed by atoms with Crippen LogP contribution in [-0.2, 0) is 14.4 Å². The molecule has 3 N–H and O–H groups in total. The van der Waals surface area contributed by atoms with Crippen molar-refractivity contribution in [3.63, 3.8) is 0 Å². The van der Waals surface area contributed by atoms with Crippen LogP contribution in [0, 0.1) is 6.92 Å². The van der Waals surface area contributed by atoms with Crippen molar-refractivity contribution < 1.29 is 19.5 Å². The molecule has 0 aromatic heterocycles. The molecule has 0 fully saturated rings. The van der Waals surface area contributed by atoms with E-state index in [9.17, 15) is 14.4 Å². The topological polar surface area (TPSA) is 95.5 Å². The Morgan fingerprint density at radius 1 is 1.18 bits per heavy atom. The lowest BCUT2D eigenvalue weighted by Gasteiger charge is -2.24.